The molecule has 0 saturated carbocycles. The third-order valence-corrected chi connectivity index (χ3v) is 1.57. The van der Waals surface area contributed by atoms with Crippen molar-refractivity contribution in [2.24, 2.45) is 5.73 Å². The molecule has 0 saturated heterocycles. The molecule has 1 amide bonds. The summed E-state index contributed by atoms with van der Waals surface area (Å²) in [4.78, 5) is 10.6. The van der Waals surface area contributed by atoms with E-state index in [2.05, 4.69) is 0 Å². The largest absolute Gasteiger partial charge is 0.366 e. The first-order valence-corrected chi connectivity index (χ1v) is 3.30. The zero-order chi connectivity index (χ0) is 8.43. The first-order chi connectivity index (χ1) is 5.11. The first-order valence-electron chi connectivity index (χ1n) is 2.92. The van der Waals surface area contributed by atoms with Crippen LogP contribution in [-0.2, 0) is 0 Å². The summed E-state index contributed by atoms with van der Waals surface area (Å²) in [6.07, 6.45) is 0. The second-order valence-corrected chi connectivity index (χ2v) is 2.47. The summed E-state index contributed by atoms with van der Waals surface area (Å²) < 4.78 is 0. The molecular formula is C7H6ClN2O. The van der Waals surface area contributed by atoms with Crippen molar-refractivity contribution in [3.05, 3.63) is 28.8 Å². The zero-order valence-electron chi connectivity index (χ0n) is 5.60. The van der Waals surface area contributed by atoms with Crippen LogP contribution in [0.2, 0.25) is 5.02 Å². The van der Waals surface area contributed by atoms with Gasteiger partial charge >= 0.3 is 0 Å². The Bertz CT molecular complexity index is 298. The molecule has 0 atom stereocenters. The molecule has 0 bridgehead atoms. The molecule has 57 valence electrons. The minimum Gasteiger partial charge on any atom is -0.366 e. The summed E-state index contributed by atoms with van der Waals surface area (Å²) in [5.41, 5.74) is 12.7. The van der Waals surface area contributed by atoms with Crippen molar-refractivity contribution in [3.8, 4) is 0 Å². The number of amides is 1. The fourth-order valence-corrected chi connectivity index (χ4v) is 0.849. The topological polar surface area (TPSA) is 66.9 Å². The van der Waals surface area contributed by atoms with Crippen molar-refractivity contribution < 1.29 is 4.79 Å². The van der Waals surface area contributed by atoms with Crippen LogP contribution in [0, 0.1) is 0 Å². The molecule has 1 radical (unpaired) electrons. The van der Waals surface area contributed by atoms with Gasteiger partial charge in [0.25, 0.3) is 0 Å². The highest BCUT2D eigenvalue weighted by molar-refractivity contribution is 6.33. The van der Waals surface area contributed by atoms with Crippen LogP contribution in [-0.4, -0.2) is 5.91 Å². The van der Waals surface area contributed by atoms with E-state index in [1.807, 2.05) is 0 Å². The van der Waals surface area contributed by atoms with Crippen LogP contribution in [0.1, 0.15) is 10.4 Å². The molecule has 0 aliphatic rings. The Hall–Kier alpha value is -1.22. The Morgan fingerprint density at radius 2 is 2.18 bits per heavy atom. The lowest BCUT2D eigenvalue weighted by atomic mass is 10.2. The van der Waals surface area contributed by atoms with Crippen LogP contribution in [0.15, 0.2) is 18.2 Å². The molecule has 0 spiro atoms. The molecule has 3 N–H and O–H groups in total. The third-order valence-electron chi connectivity index (χ3n) is 1.25. The highest BCUT2D eigenvalue weighted by Crippen LogP contribution is 2.20. The summed E-state index contributed by atoms with van der Waals surface area (Å²) in [7, 11) is 0. The minimum atomic E-state index is -0.535. The van der Waals surface area contributed by atoms with Gasteiger partial charge in [-0.05, 0) is 18.2 Å². The van der Waals surface area contributed by atoms with Crippen LogP contribution in [0.5, 0.6) is 0 Å². The highest BCUT2D eigenvalue weighted by atomic mass is 35.5. The predicted molar refractivity (Wildman–Crippen MR) is 42.7 cm³/mol. The number of nitrogens with one attached hydrogen (secondary N) is 1. The number of primary amides is 1. The second kappa shape index (κ2) is 2.80. The van der Waals surface area contributed by atoms with Gasteiger partial charge in [-0.1, -0.05) is 11.6 Å². The summed E-state index contributed by atoms with van der Waals surface area (Å²) in [5.74, 6) is -0.535. The van der Waals surface area contributed by atoms with Gasteiger partial charge in [-0.3, -0.25) is 10.5 Å². The fourth-order valence-electron chi connectivity index (χ4n) is 0.668. The molecule has 0 aliphatic heterocycles. The van der Waals surface area contributed by atoms with Gasteiger partial charge < -0.3 is 5.73 Å². The summed E-state index contributed by atoms with van der Waals surface area (Å²) >= 11 is 5.56. The van der Waals surface area contributed by atoms with Gasteiger partial charge in [0.05, 0.1) is 10.7 Å². The number of halogens is 1. The maximum Gasteiger partial charge on any atom is 0.248 e. The Labute approximate surface area is 68.9 Å². The van der Waals surface area contributed by atoms with E-state index in [0.717, 1.165) is 0 Å². The van der Waals surface area contributed by atoms with Gasteiger partial charge in [0.15, 0.2) is 0 Å². The molecular weight excluding hydrogens is 164 g/mol. The van der Waals surface area contributed by atoms with Crippen LogP contribution < -0.4 is 11.5 Å². The van der Waals surface area contributed by atoms with E-state index in [0.29, 0.717) is 5.56 Å². The predicted octanol–water partition coefficient (Wildman–Crippen LogP) is 1.35. The molecule has 1 aromatic rings. The average molecular weight is 170 g/mol. The van der Waals surface area contributed by atoms with Gasteiger partial charge in [-0.15, -0.1) is 0 Å². The van der Waals surface area contributed by atoms with E-state index in [-0.39, 0.29) is 10.7 Å². The van der Waals surface area contributed by atoms with E-state index < -0.39 is 5.91 Å². The third kappa shape index (κ3) is 1.62. The van der Waals surface area contributed by atoms with Gasteiger partial charge in [0.1, 0.15) is 0 Å². The number of rotatable bonds is 1. The number of benzene rings is 1. The van der Waals surface area contributed by atoms with Crippen molar-refractivity contribution in [3.63, 3.8) is 0 Å². The monoisotopic (exact) mass is 169 g/mol. The Morgan fingerprint density at radius 1 is 1.55 bits per heavy atom. The quantitative estimate of drug-likeness (QED) is 0.678. The van der Waals surface area contributed by atoms with Crippen LogP contribution >= 0.6 is 11.6 Å². The van der Waals surface area contributed by atoms with E-state index in [4.69, 9.17) is 23.1 Å². The molecule has 0 unspecified atom stereocenters. The molecule has 1 aromatic carbocycles. The SMILES string of the molecule is [NH]c1ccc(C(N)=O)cc1Cl. The van der Waals surface area contributed by atoms with Crippen LogP contribution in [0.25, 0.3) is 0 Å². The smallest absolute Gasteiger partial charge is 0.248 e. The number of hydrogen-bond acceptors (Lipinski definition) is 1. The van der Waals surface area contributed by atoms with Crippen molar-refractivity contribution in [1.82, 2.24) is 5.73 Å². The Balaban J connectivity index is 3.15. The Morgan fingerprint density at radius 3 is 2.64 bits per heavy atom. The first kappa shape index (κ1) is 7.88. The average Bonchev–Trinajstić information content (AvgIpc) is 1.94. The lowest BCUT2D eigenvalue weighted by Gasteiger charge is -1.97. The summed E-state index contributed by atoms with van der Waals surface area (Å²) in [5, 5.41) is 0.237. The number of nitrogens with two attached hydrogens (primary N) is 1. The summed E-state index contributed by atoms with van der Waals surface area (Å²) in [6, 6.07) is 4.28. The van der Waals surface area contributed by atoms with Crippen LogP contribution in [0.4, 0.5) is 5.69 Å². The molecule has 0 fully saturated rings. The lowest BCUT2D eigenvalue weighted by Crippen LogP contribution is -2.10. The van der Waals surface area contributed by atoms with Crippen molar-refractivity contribution >= 4 is 23.2 Å². The van der Waals surface area contributed by atoms with Gasteiger partial charge in [0, 0.05) is 5.56 Å². The highest BCUT2D eigenvalue weighted by Gasteiger charge is 2.02. The maximum atomic E-state index is 10.6. The molecule has 11 heavy (non-hydrogen) atoms. The minimum absolute atomic E-state index is 0.191. The molecule has 0 heterocycles. The lowest BCUT2D eigenvalue weighted by molar-refractivity contribution is 0.100. The second-order valence-electron chi connectivity index (χ2n) is 2.06. The maximum absolute atomic E-state index is 10.6. The van der Waals surface area contributed by atoms with Crippen molar-refractivity contribution in [2.75, 3.05) is 0 Å². The molecule has 0 aliphatic carbocycles. The van der Waals surface area contributed by atoms with E-state index in [1.165, 1.54) is 18.2 Å². The van der Waals surface area contributed by atoms with Crippen molar-refractivity contribution in [2.45, 2.75) is 0 Å². The summed E-state index contributed by atoms with van der Waals surface area (Å²) in [6.45, 7) is 0. The fraction of sp³-hybridized carbons (Fsp3) is 0. The number of carbonyl (C=O) groups is 1. The Kier molecular flexibility index (Phi) is 2.01. The molecule has 1 rings (SSSR count). The van der Waals surface area contributed by atoms with E-state index in [9.17, 15) is 4.79 Å². The number of carbonyl (C=O) groups excluding carboxylic acids is 1. The normalized spacial score (nSPS) is 9.55. The molecule has 0 aromatic heterocycles. The molecule has 3 nitrogen and oxygen atoms in total. The standard InChI is InChI=1S/C7H6ClN2O/c8-5-3-4(7(10)11)1-2-6(5)9/h1-3,9H,(H2,10,11). The van der Waals surface area contributed by atoms with Gasteiger partial charge in [-0.2, -0.15) is 0 Å². The van der Waals surface area contributed by atoms with Gasteiger partial charge in [0.2, 0.25) is 5.91 Å². The van der Waals surface area contributed by atoms with Crippen molar-refractivity contribution in [1.29, 1.82) is 0 Å². The molecule has 4 heteroatoms. The number of hydrogen-bond donors (Lipinski definition) is 1. The van der Waals surface area contributed by atoms with E-state index >= 15 is 0 Å². The van der Waals surface area contributed by atoms with Crippen LogP contribution in [0.3, 0.4) is 0 Å². The van der Waals surface area contributed by atoms with E-state index in [1.54, 1.807) is 0 Å². The van der Waals surface area contributed by atoms with Gasteiger partial charge in [-0.25, -0.2) is 0 Å². The zero-order valence-corrected chi connectivity index (χ0v) is 6.35.